The van der Waals surface area contributed by atoms with Gasteiger partial charge in [-0.1, -0.05) is 0 Å². The van der Waals surface area contributed by atoms with Gasteiger partial charge in [-0.3, -0.25) is 4.79 Å². The van der Waals surface area contributed by atoms with Crippen LogP contribution in [0.15, 0.2) is 0 Å². The molecule has 2 heterocycles. The molecule has 2 aliphatic heterocycles. The van der Waals surface area contributed by atoms with Crippen LogP contribution in [0, 0.1) is 5.92 Å². The third-order valence-corrected chi connectivity index (χ3v) is 3.84. The van der Waals surface area contributed by atoms with E-state index >= 15 is 0 Å². The van der Waals surface area contributed by atoms with E-state index in [0.717, 1.165) is 6.42 Å². The van der Waals surface area contributed by atoms with E-state index in [0.29, 0.717) is 26.1 Å². The Morgan fingerprint density at radius 3 is 2.57 bits per heavy atom. The molecule has 8 heteroatoms. The van der Waals surface area contributed by atoms with Gasteiger partial charge >= 0.3 is 18.0 Å². The van der Waals surface area contributed by atoms with Crippen molar-refractivity contribution in [3.8, 4) is 0 Å². The quantitative estimate of drug-likeness (QED) is 0.708. The van der Waals surface area contributed by atoms with Gasteiger partial charge in [0.1, 0.15) is 0 Å². The molecular formula is C13H20N2O6. The molecule has 0 saturated carbocycles. The van der Waals surface area contributed by atoms with Crippen LogP contribution in [0.3, 0.4) is 0 Å². The smallest absolute Gasteiger partial charge is 0.334 e. The Morgan fingerprint density at radius 1 is 1.19 bits per heavy atom. The van der Waals surface area contributed by atoms with Crippen molar-refractivity contribution < 1.29 is 29.0 Å². The lowest BCUT2D eigenvalue weighted by Gasteiger charge is -2.38. The zero-order valence-electron chi connectivity index (χ0n) is 12.0. The van der Waals surface area contributed by atoms with Crippen LogP contribution in [0.5, 0.6) is 0 Å². The van der Waals surface area contributed by atoms with Crippen LogP contribution in [0.2, 0.25) is 0 Å². The highest BCUT2D eigenvalue weighted by Gasteiger charge is 2.34. The molecule has 0 aromatic heterocycles. The van der Waals surface area contributed by atoms with E-state index in [1.165, 1.54) is 12.0 Å². The maximum atomic E-state index is 12.4. The Morgan fingerprint density at radius 2 is 1.90 bits per heavy atom. The molecule has 2 rings (SSSR count). The van der Waals surface area contributed by atoms with Crippen LogP contribution in [0.1, 0.15) is 12.8 Å². The minimum absolute atomic E-state index is 0.0353. The predicted molar refractivity (Wildman–Crippen MR) is 70.7 cm³/mol. The Labute approximate surface area is 122 Å². The number of carbonyl (C=O) groups excluding carboxylic acids is 2. The number of carbonyl (C=O) groups is 3. The summed E-state index contributed by atoms with van der Waals surface area (Å²) in [7, 11) is 1.34. The van der Waals surface area contributed by atoms with Gasteiger partial charge in [-0.2, -0.15) is 0 Å². The van der Waals surface area contributed by atoms with Crippen LogP contribution < -0.4 is 0 Å². The third kappa shape index (κ3) is 3.63. The number of nitrogens with zero attached hydrogens (tertiary/aromatic N) is 2. The van der Waals surface area contributed by atoms with E-state index in [2.05, 4.69) is 0 Å². The third-order valence-electron chi connectivity index (χ3n) is 3.84. The highest BCUT2D eigenvalue weighted by Crippen LogP contribution is 2.20. The number of ether oxygens (including phenoxy) is 2. The van der Waals surface area contributed by atoms with Gasteiger partial charge in [0.25, 0.3) is 0 Å². The summed E-state index contributed by atoms with van der Waals surface area (Å²) in [5.41, 5.74) is 0. The second-order valence-corrected chi connectivity index (χ2v) is 5.23. The number of rotatable bonds is 2. The number of carboxylic acids is 1. The lowest BCUT2D eigenvalue weighted by atomic mass is 9.98. The largest absolute Gasteiger partial charge is 0.479 e. The minimum atomic E-state index is -1.07. The van der Waals surface area contributed by atoms with Gasteiger partial charge in [-0.05, 0) is 12.8 Å². The molecule has 0 spiro atoms. The van der Waals surface area contributed by atoms with Crippen molar-refractivity contribution in [1.82, 2.24) is 9.80 Å². The maximum Gasteiger partial charge on any atom is 0.334 e. The van der Waals surface area contributed by atoms with Gasteiger partial charge in [0.15, 0.2) is 6.10 Å². The van der Waals surface area contributed by atoms with Crippen LogP contribution in [-0.4, -0.2) is 78.9 Å². The van der Waals surface area contributed by atoms with E-state index in [-0.39, 0.29) is 31.1 Å². The van der Waals surface area contributed by atoms with Crippen molar-refractivity contribution in [1.29, 1.82) is 0 Å². The summed E-state index contributed by atoms with van der Waals surface area (Å²) < 4.78 is 9.82. The fourth-order valence-electron chi connectivity index (χ4n) is 2.68. The van der Waals surface area contributed by atoms with Gasteiger partial charge in [-0.15, -0.1) is 0 Å². The number of aliphatic carboxylic acids is 1. The first-order valence-corrected chi connectivity index (χ1v) is 6.99. The molecule has 0 bridgehead atoms. The van der Waals surface area contributed by atoms with E-state index < -0.39 is 12.1 Å². The van der Waals surface area contributed by atoms with Gasteiger partial charge in [0, 0.05) is 19.6 Å². The Bertz CT molecular complexity index is 427. The highest BCUT2D eigenvalue weighted by molar-refractivity contribution is 5.79. The molecule has 2 saturated heterocycles. The molecule has 0 aromatic carbocycles. The molecule has 118 valence electrons. The Hall–Kier alpha value is -1.83. The first-order chi connectivity index (χ1) is 10.0. The lowest BCUT2D eigenvalue weighted by Crippen LogP contribution is -2.55. The van der Waals surface area contributed by atoms with E-state index in [9.17, 15) is 14.4 Å². The zero-order valence-corrected chi connectivity index (χ0v) is 12.0. The molecule has 2 atom stereocenters. The number of hydrogen-bond acceptors (Lipinski definition) is 5. The number of methoxy groups -OCH3 is 1. The number of amides is 2. The minimum Gasteiger partial charge on any atom is -0.479 e. The van der Waals surface area contributed by atoms with Crippen molar-refractivity contribution in [3.63, 3.8) is 0 Å². The van der Waals surface area contributed by atoms with Crippen molar-refractivity contribution in [3.05, 3.63) is 0 Å². The normalized spacial score (nSPS) is 26.3. The first kappa shape index (κ1) is 15.6. The molecular weight excluding hydrogens is 280 g/mol. The summed E-state index contributed by atoms with van der Waals surface area (Å²) >= 11 is 0. The number of carboxylic acid groups (broad SMARTS) is 1. The second-order valence-electron chi connectivity index (χ2n) is 5.23. The molecule has 21 heavy (non-hydrogen) atoms. The number of esters is 1. The Balaban J connectivity index is 1.95. The predicted octanol–water partition coefficient (Wildman–Crippen LogP) is -0.223. The Kier molecular flexibility index (Phi) is 5.00. The summed E-state index contributed by atoms with van der Waals surface area (Å²) in [5, 5.41) is 8.96. The van der Waals surface area contributed by atoms with E-state index in [1.807, 2.05) is 0 Å². The van der Waals surface area contributed by atoms with Gasteiger partial charge < -0.3 is 24.4 Å². The zero-order chi connectivity index (χ0) is 15.4. The first-order valence-electron chi connectivity index (χ1n) is 6.99. The average Bonchev–Trinajstić information content (AvgIpc) is 2.53. The summed E-state index contributed by atoms with van der Waals surface area (Å²) in [4.78, 5) is 38.0. The summed E-state index contributed by atoms with van der Waals surface area (Å²) in [6, 6.07) is -0.238. The van der Waals surface area contributed by atoms with Crippen molar-refractivity contribution in [2.45, 2.75) is 18.9 Å². The fourth-order valence-corrected chi connectivity index (χ4v) is 2.68. The van der Waals surface area contributed by atoms with E-state index in [4.69, 9.17) is 14.6 Å². The van der Waals surface area contributed by atoms with Gasteiger partial charge in [-0.25, -0.2) is 9.59 Å². The van der Waals surface area contributed by atoms with Gasteiger partial charge in [0.2, 0.25) is 0 Å². The SMILES string of the molecule is COC(=O)C1CCCN(C(=O)N2CCOC(C(=O)O)C2)C1. The number of piperidine rings is 1. The van der Waals surface area contributed by atoms with Crippen molar-refractivity contribution in [2.75, 3.05) is 39.9 Å². The van der Waals surface area contributed by atoms with Crippen LogP contribution in [-0.2, 0) is 19.1 Å². The monoisotopic (exact) mass is 300 g/mol. The molecule has 2 amide bonds. The second kappa shape index (κ2) is 6.75. The van der Waals surface area contributed by atoms with Crippen LogP contribution in [0.25, 0.3) is 0 Å². The summed E-state index contributed by atoms with van der Waals surface area (Å²) in [5.74, 6) is -1.68. The standard InChI is InChI=1S/C13H20N2O6/c1-20-12(18)9-3-2-4-14(7-9)13(19)15-5-6-21-10(8-15)11(16)17/h9-10H,2-8H2,1H3,(H,16,17). The van der Waals surface area contributed by atoms with Crippen molar-refractivity contribution in [2.24, 2.45) is 5.92 Å². The highest BCUT2D eigenvalue weighted by atomic mass is 16.5. The van der Waals surface area contributed by atoms with Crippen molar-refractivity contribution >= 4 is 18.0 Å². The number of likely N-dealkylation sites (tertiary alicyclic amines) is 1. The topological polar surface area (TPSA) is 96.4 Å². The molecule has 0 aliphatic carbocycles. The maximum absolute atomic E-state index is 12.4. The molecule has 2 fully saturated rings. The fraction of sp³-hybridized carbons (Fsp3) is 0.769. The molecule has 2 aliphatic rings. The number of morpholine rings is 1. The van der Waals surface area contributed by atoms with Crippen LogP contribution >= 0.6 is 0 Å². The average molecular weight is 300 g/mol. The molecule has 2 unspecified atom stereocenters. The summed E-state index contributed by atoms with van der Waals surface area (Å²) in [6.45, 7) is 1.49. The lowest BCUT2D eigenvalue weighted by molar-refractivity contribution is -0.154. The molecule has 0 radical (unpaired) electrons. The van der Waals surface area contributed by atoms with E-state index in [1.54, 1.807) is 4.90 Å². The summed E-state index contributed by atoms with van der Waals surface area (Å²) in [6.07, 6.45) is 0.457. The van der Waals surface area contributed by atoms with Gasteiger partial charge in [0.05, 0.1) is 26.2 Å². The number of hydrogen-bond donors (Lipinski definition) is 1. The molecule has 8 nitrogen and oxygen atoms in total. The number of urea groups is 1. The molecule has 1 N–H and O–H groups in total. The van der Waals surface area contributed by atoms with Crippen LogP contribution in [0.4, 0.5) is 4.79 Å². The molecule has 0 aromatic rings.